The van der Waals surface area contributed by atoms with Crippen molar-refractivity contribution in [3.8, 4) is 0 Å². The SMILES string of the molecule is CCCCCCCCCCCCN1C(=O)C(C)[C@@H]([C@@H](O)CC[C@H](C(=O)NC)[C@H](OC2OC(CN=C([O-])OC(C)(C)C)C(O)C2O)C2OC(n3ccc(=O)[nH]c3=O)C(O)C2O)C1=O. The number of H-pyrrole nitrogens is 1. The van der Waals surface area contributed by atoms with Crippen LogP contribution in [-0.2, 0) is 33.3 Å². The van der Waals surface area contributed by atoms with Crippen LogP contribution in [-0.4, -0.2) is 145 Å². The number of aliphatic hydroxyl groups excluding tert-OH is 5. The van der Waals surface area contributed by atoms with Crippen LogP contribution in [0, 0.1) is 17.8 Å². The van der Waals surface area contributed by atoms with Gasteiger partial charge in [-0.1, -0.05) is 92.4 Å². The van der Waals surface area contributed by atoms with E-state index < -0.39 is 126 Å². The molecule has 0 saturated carbocycles. The first-order valence-electron chi connectivity index (χ1n) is 22.0. The predicted molar refractivity (Wildman–Crippen MR) is 220 cm³/mol. The van der Waals surface area contributed by atoms with E-state index in [4.69, 9.17) is 18.9 Å². The monoisotopic (exact) mass is 882 g/mol. The summed E-state index contributed by atoms with van der Waals surface area (Å²) in [4.78, 5) is 72.1. The second-order valence-corrected chi connectivity index (χ2v) is 17.6. The molecule has 9 unspecified atom stereocenters. The van der Waals surface area contributed by atoms with Gasteiger partial charge >= 0.3 is 5.69 Å². The number of amides is 3. The fourth-order valence-electron chi connectivity index (χ4n) is 8.34. The molecule has 62 heavy (non-hydrogen) atoms. The Kier molecular flexibility index (Phi) is 19.1. The minimum atomic E-state index is -1.88. The minimum Gasteiger partial charge on any atom is -0.595 e. The molecule has 4 rings (SSSR count). The van der Waals surface area contributed by atoms with Crippen LogP contribution in [0.2, 0.25) is 0 Å². The van der Waals surface area contributed by atoms with Crippen LogP contribution in [0.1, 0.15) is 118 Å². The molecule has 3 aliphatic heterocycles. The first-order valence-corrected chi connectivity index (χ1v) is 22.0. The van der Waals surface area contributed by atoms with Crippen LogP contribution in [0.3, 0.4) is 0 Å². The van der Waals surface area contributed by atoms with Crippen LogP contribution in [0.4, 0.5) is 0 Å². The predicted octanol–water partition coefficient (Wildman–Crippen LogP) is -0.436. The van der Waals surface area contributed by atoms with E-state index in [1.807, 2.05) is 4.98 Å². The summed E-state index contributed by atoms with van der Waals surface area (Å²) < 4.78 is 23.9. The normalized spacial score (nSPS) is 29.6. The largest absolute Gasteiger partial charge is 0.595 e. The number of rotatable bonds is 23. The van der Waals surface area contributed by atoms with Crippen molar-refractivity contribution in [1.29, 1.82) is 0 Å². The molecule has 20 nitrogen and oxygen atoms in total. The van der Waals surface area contributed by atoms with Gasteiger partial charge in [0.25, 0.3) is 5.56 Å². The Bertz CT molecular complexity index is 1770. The number of ether oxygens (including phenoxy) is 4. The number of nitrogens with zero attached hydrogens (tertiary/aromatic N) is 3. The number of nitrogens with one attached hydrogen (secondary N) is 2. The Morgan fingerprint density at radius 2 is 1.55 bits per heavy atom. The Balaban J connectivity index is 1.52. The van der Waals surface area contributed by atoms with Crippen molar-refractivity contribution >= 4 is 23.8 Å². The molecule has 0 radical (unpaired) electrons. The molecule has 352 valence electrons. The van der Waals surface area contributed by atoms with Gasteiger partial charge in [-0.15, -0.1) is 0 Å². The van der Waals surface area contributed by atoms with Gasteiger partial charge in [-0.05, 0) is 19.3 Å². The molecule has 1 aromatic rings. The van der Waals surface area contributed by atoms with E-state index >= 15 is 0 Å². The Morgan fingerprint density at radius 3 is 2.15 bits per heavy atom. The molecule has 1 aromatic heterocycles. The van der Waals surface area contributed by atoms with E-state index in [1.54, 1.807) is 27.7 Å². The van der Waals surface area contributed by atoms with Crippen LogP contribution >= 0.6 is 0 Å². The van der Waals surface area contributed by atoms with Gasteiger partial charge in [-0.3, -0.25) is 38.6 Å². The van der Waals surface area contributed by atoms with Gasteiger partial charge < -0.3 is 54.9 Å². The molecule has 0 spiro atoms. The molecule has 0 bridgehead atoms. The maximum atomic E-state index is 13.7. The van der Waals surface area contributed by atoms with E-state index in [0.29, 0.717) is 6.42 Å². The molecule has 0 aromatic carbocycles. The average molecular weight is 883 g/mol. The zero-order valence-corrected chi connectivity index (χ0v) is 36.7. The standard InChI is InChI=1S/C42H69N5O15/c1-7-8-9-10-11-12-13-14-15-16-20-46-36(55)23(2)28(37(46)56)25(48)18-17-24(35(54)43-6)33(34-30(51)31(52)38(60-34)47-21-19-27(49)45-40(47)57)61-39-32(53)29(50)26(59-39)22-44-41(58)62-42(3,4)5/h19,21,23-26,28-34,38-39,48,50-53H,7-18,20,22H2,1-6H3,(H,43,54)(H,44,58)(H,45,49,57)/p-1/t23?,24-,25-,26?,28-,29?,30?,31?,32?,33-,34?,38?,39?/m0/s1. The van der Waals surface area contributed by atoms with Crippen molar-refractivity contribution in [2.24, 2.45) is 22.7 Å². The van der Waals surface area contributed by atoms with Gasteiger partial charge in [0.2, 0.25) is 17.7 Å². The third kappa shape index (κ3) is 13.1. The van der Waals surface area contributed by atoms with Crippen molar-refractivity contribution in [3.63, 3.8) is 0 Å². The van der Waals surface area contributed by atoms with Crippen LogP contribution < -0.4 is 21.7 Å². The highest BCUT2D eigenvalue weighted by Gasteiger charge is 2.54. The van der Waals surface area contributed by atoms with Crippen LogP contribution in [0.5, 0.6) is 0 Å². The lowest BCUT2D eigenvalue weighted by atomic mass is 9.84. The Morgan fingerprint density at radius 1 is 0.919 bits per heavy atom. The summed E-state index contributed by atoms with van der Waals surface area (Å²) in [5.74, 6) is -5.04. The molecule has 20 heteroatoms. The number of unbranched alkanes of at least 4 members (excludes halogenated alkanes) is 9. The van der Waals surface area contributed by atoms with Crippen LogP contribution in [0.25, 0.3) is 0 Å². The van der Waals surface area contributed by atoms with Gasteiger partial charge in [-0.25, -0.2) is 4.79 Å². The second kappa shape index (κ2) is 23.3. The number of carbonyl (C=O) groups excluding carboxylic acids is 3. The molecular formula is C42H68N5O15-. The van der Waals surface area contributed by atoms with Gasteiger partial charge in [0.15, 0.2) is 12.5 Å². The maximum Gasteiger partial charge on any atom is 0.330 e. The number of aliphatic hydroxyl groups is 5. The molecule has 4 heterocycles. The molecular weight excluding hydrogens is 814 g/mol. The number of hydrogen-bond acceptors (Lipinski definition) is 16. The summed E-state index contributed by atoms with van der Waals surface area (Å²) in [6.07, 6.45) is -6.30. The quantitative estimate of drug-likeness (QED) is 0.0318. The van der Waals surface area contributed by atoms with Crippen molar-refractivity contribution in [3.05, 3.63) is 33.1 Å². The minimum absolute atomic E-state index is 0.221. The number of imide groups is 1. The van der Waals surface area contributed by atoms with E-state index in [-0.39, 0.29) is 19.4 Å². The van der Waals surface area contributed by atoms with Gasteiger partial charge in [0, 0.05) is 37.4 Å². The summed E-state index contributed by atoms with van der Waals surface area (Å²) in [6, 6.07) is 0.987. The summed E-state index contributed by atoms with van der Waals surface area (Å²) in [6.45, 7) is 8.39. The highest BCUT2D eigenvalue weighted by atomic mass is 16.7. The first-order chi connectivity index (χ1) is 29.3. The smallest absolute Gasteiger partial charge is 0.330 e. The van der Waals surface area contributed by atoms with Crippen molar-refractivity contribution in [2.75, 3.05) is 20.1 Å². The van der Waals surface area contributed by atoms with E-state index in [1.165, 1.54) is 44.1 Å². The molecule has 3 amide bonds. The second-order valence-electron chi connectivity index (χ2n) is 17.6. The lowest BCUT2D eigenvalue weighted by molar-refractivity contribution is -0.261. The van der Waals surface area contributed by atoms with E-state index in [0.717, 1.165) is 42.5 Å². The highest BCUT2D eigenvalue weighted by Crippen LogP contribution is 2.38. The third-order valence-corrected chi connectivity index (χ3v) is 11.8. The van der Waals surface area contributed by atoms with Gasteiger partial charge in [-0.2, -0.15) is 0 Å². The van der Waals surface area contributed by atoms with Crippen molar-refractivity contribution < 1.29 is 64.0 Å². The van der Waals surface area contributed by atoms with E-state index in [9.17, 15) is 54.6 Å². The Labute approximate surface area is 361 Å². The molecule has 0 aliphatic carbocycles. The summed E-state index contributed by atoms with van der Waals surface area (Å²) in [5.41, 5.74) is -2.60. The number of carbonyl (C=O) groups is 3. The van der Waals surface area contributed by atoms with Gasteiger partial charge in [0.1, 0.15) is 48.8 Å². The third-order valence-electron chi connectivity index (χ3n) is 11.8. The lowest BCUT2D eigenvalue weighted by Gasteiger charge is -2.34. The zero-order chi connectivity index (χ0) is 45.9. The molecule has 13 atom stereocenters. The molecule has 3 aliphatic rings. The summed E-state index contributed by atoms with van der Waals surface area (Å²) in [5, 5.41) is 70.8. The van der Waals surface area contributed by atoms with Crippen molar-refractivity contribution in [2.45, 2.75) is 179 Å². The van der Waals surface area contributed by atoms with Gasteiger partial charge in [0.05, 0.1) is 24.5 Å². The van der Waals surface area contributed by atoms with Crippen molar-refractivity contribution in [1.82, 2.24) is 19.8 Å². The number of aromatic amines is 1. The fraction of sp³-hybridized carbons (Fsp3) is 0.810. The summed E-state index contributed by atoms with van der Waals surface area (Å²) in [7, 11) is 1.30. The number of aliphatic imine (C=N–C) groups is 1. The molecule has 3 saturated heterocycles. The lowest BCUT2D eigenvalue weighted by Crippen LogP contribution is -2.51. The topological polar surface area (TPSA) is 295 Å². The number of likely N-dealkylation sites (tertiary alicyclic amines) is 1. The first kappa shape index (κ1) is 50.9. The zero-order valence-electron chi connectivity index (χ0n) is 36.7. The number of hydrogen-bond donors (Lipinski definition) is 7. The van der Waals surface area contributed by atoms with E-state index in [2.05, 4.69) is 17.2 Å². The summed E-state index contributed by atoms with van der Waals surface area (Å²) >= 11 is 0. The number of aromatic nitrogens is 2. The average Bonchev–Trinajstić information content (AvgIpc) is 3.74. The Hall–Kier alpha value is -3.76. The molecule has 3 fully saturated rings. The van der Waals surface area contributed by atoms with Crippen LogP contribution in [0.15, 0.2) is 26.8 Å². The maximum absolute atomic E-state index is 13.7. The highest BCUT2D eigenvalue weighted by molar-refractivity contribution is 6.05. The fourth-order valence-corrected chi connectivity index (χ4v) is 8.34. The molecule has 7 N–H and O–H groups in total.